The number of aliphatic imine (C=N–C) groups is 1. The first kappa shape index (κ1) is 8.74. The molecule has 1 heteroatoms. The molecule has 3 atom stereocenters. The van der Waals surface area contributed by atoms with E-state index in [1.807, 2.05) is 0 Å². The Labute approximate surface area is 95.9 Å². The maximum Gasteiger partial charge on any atom is 0.0437 e. The number of rotatable bonds is 1. The van der Waals surface area contributed by atoms with Crippen molar-refractivity contribution in [2.45, 2.75) is 31.6 Å². The molecule has 1 aromatic carbocycles. The summed E-state index contributed by atoms with van der Waals surface area (Å²) in [5, 5.41) is 0. The summed E-state index contributed by atoms with van der Waals surface area (Å²) >= 11 is 0. The van der Waals surface area contributed by atoms with E-state index in [2.05, 4.69) is 48.5 Å². The molecule has 0 bridgehead atoms. The van der Waals surface area contributed by atoms with Crippen LogP contribution in [0, 0.1) is 5.41 Å². The van der Waals surface area contributed by atoms with E-state index >= 15 is 0 Å². The average molecular weight is 209 g/mol. The predicted octanol–water partition coefficient (Wildman–Crippen LogP) is 3.64. The van der Waals surface area contributed by atoms with Crippen molar-refractivity contribution in [3.63, 3.8) is 0 Å². The van der Waals surface area contributed by atoms with Crippen molar-refractivity contribution in [2.75, 3.05) is 0 Å². The quantitative estimate of drug-likeness (QED) is 0.669. The minimum atomic E-state index is 0.372. The lowest BCUT2D eigenvalue weighted by molar-refractivity contribution is 0.507. The van der Waals surface area contributed by atoms with Crippen molar-refractivity contribution < 1.29 is 0 Å². The fourth-order valence-corrected chi connectivity index (χ4v) is 3.83. The molecule has 1 heterocycles. The smallest absolute Gasteiger partial charge is 0.0437 e. The molecule has 1 aromatic rings. The summed E-state index contributed by atoms with van der Waals surface area (Å²) in [6.45, 7) is 2.38. The predicted molar refractivity (Wildman–Crippen MR) is 65.8 cm³/mol. The zero-order valence-corrected chi connectivity index (χ0v) is 9.48. The van der Waals surface area contributed by atoms with Gasteiger partial charge in [0.05, 0.1) is 0 Å². The van der Waals surface area contributed by atoms with Gasteiger partial charge < -0.3 is 0 Å². The molecule has 2 aliphatic carbocycles. The summed E-state index contributed by atoms with van der Waals surface area (Å²) in [4.78, 5) is 4.60. The molecule has 80 valence electrons. The molecule has 1 nitrogen and oxygen atoms in total. The van der Waals surface area contributed by atoms with Crippen molar-refractivity contribution in [3.8, 4) is 0 Å². The van der Waals surface area contributed by atoms with Crippen LogP contribution in [0.2, 0.25) is 0 Å². The Hall–Kier alpha value is -1.37. The molecule has 3 unspecified atom stereocenters. The van der Waals surface area contributed by atoms with Crippen LogP contribution < -0.4 is 0 Å². The van der Waals surface area contributed by atoms with E-state index in [9.17, 15) is 0 Å². The zero-order valence-electron chi connectivity index (χ0n) is 9.48. The molecule has 0 aromatic heterocycles. The molecule has 0 spiro atoms. The molecule has 0 radical (unpaired) electrons. The Kier molecular flexibility index (Phi) is 1.45. The SMILES string of the molecule is CC1c2ccccc2C2CC12C1=CCC=N1. The lowest BCUT2D eigenvalue weighted by Crippen LogP contribution is -2.09. The third kappa shape index (κ3) is 0.820. The van der Waals surface area contributed by atoms with Crippen molar-refractivity contribution in [1.82, 2.24) is 0 Å². The first-order chi connectivity index (χ1) is 7.84. The van der Waals surface area contributed by atoms with Crippen LogP contribution in [-0.2, 0) is 0 Å². The summed E-state index contributed by atoms with van der Waals surface area (Å²) < 4.78 is 0. The lowest BCUT2D eigenvalue weighted by Gasteiger charge is -2.19. The highest BCUT2D eigenvalue weighted by molar-refractivity contribution is 5.67. The molecule has 0 saturated heterocycles. The Morgan fingerprint density at radius 3 is 2.75 bits per heavy atom. The van der Waals surface area contributed by atoms with Gasteiger partial charge in [-0.15, -0.1) is 0 Å². The monoisotopic (exact) mass is 209 g/mol. The van der Waals surface area contributed by atoms with E-state index < -0.39 is 0 Å². The molecule has 1 aliphatic heterocycles. The maximum absolute atomic E-state index is 4.60. The molecule has 0 amide bonds. The van der Waals surface area contributed by atoms with E-state index in [-0.39, 0.29) is 0 Å². The van der Waals surface area contributed by atoms with E-state index in [0.29, 0.717) is 11.3 Å². The van der Waals surface area contributed by atoms with Crippen LogP contribution in [0.15, 0.2) is 41.0 Å². The van der Waals surface area contributed by atoms with Crippen LogP contribution in [0.1, 0.15) is 42.7 Å². The zero-order chi connectivity index (χ0) is 10.8. The number of benzene rings is 1. The fraction of sp³-hybridized carbons (Fsp3) is 0.400. The van der Waals surface area contributed by atoms with Gasteiger partial charge in [0.25, 0.3) is 0 Å². The van der Waals surface area contributed by atoms with Crippen LogP contribution in [0.4, 0.5) is 0 Å². The van der Waals surface area contributed by atoms with Gasteiger partial charge in [-0.2, -0.15) is 0 Å². The minimum Gasteiger partial charge on any atom is -0.265 e. The maximum atomic E-state index is 4.60. The fourth-order valence-electron chi connectivity index (χ4n) is 3.83. The molecular formula is C15H15N. The van der Waals surface area contributed by atoms with E-state index in [1.54, 1.807) is 11.1 Å². The van der Waals surface area contributed by atoms with Gasteiger partial charge in [-0.05, 0) is 29.4 Å². The van der Waals surface area contributed by atoms with Gasteiger partial charge in [0.1, 0.15) is 0 Å². The van der Waals surface area contributed by atoms with Crippen LogP contribution in [0.25, 0.3) is 0 Å². The Morgan fingerprint density at radius 1 is 1.25 bits per heavy atom. The van der Waals surface area contributed by atoms with Crippen LogP contribution in [0.3, 0.4) is 0 Å². The molecular weight excluding hydrogens is 194 g/mol. The lowest BCUT2D eigenvalue weighted by atomic mass is 9.86. The first-order valence-corrected chi connectivity index (χ1v) is 6.16. The Morgan fingerprint density at radius 2 is 2.06 bits per heavy atom. The highest BCUT2D eigenvalue weighted by Crippen LogP contribution is 2.76. The van der Waals surface area contributed by atoms with Gasteiger partial charge in [0, 0.05) is 23.7 Å². The second-order valence-corrected chi connectivity index (χ2v) is 5.28. The van der Waals surface area contributed by atoms with Gasteiger partial charge in [0.15, 0.2) is 0 Å². The van der Waals surface area contributed by atoms with Crippen LogP contribution in [0.5, 0.6) is 0 Å². The average Bonchev–Trinajstić information content (AvgIpc) is 2.73. The molecule has 3 aliphatic rings. The number of hydrogen-bond acceptors (Lipinski definition) is 1. The summed E-state index contributed by atoms with van der Waals surface area (Å²) in [7, 11) is 0. The first-order valence-electron chi connectivity index (χ1n) is 6.16. The third-order valence-corrected chi connectivity index (χ3v) is 4.74. The normalized spacial score (nSPS) is 38.2. The summed E-state index contributed by atoms with van der Waals surface area (Å²) in [6.07, 6.45) is 6.72. The van der Waals surface area contributed by atoms with Crippen LogP contribution >= 0.6 is 0 Å². The number of allylic oxidation sites excluding steroid dienone is 2. The van der Waals surface area contributed by atoms with Gasteiger partial charge in [-0.1, -0.05) is 37.3 Å². The topological polar surface area (TPSA) is 12.4 Å². The van der Waals surface area contributed by atoms with Crippen molar-refractivity contribution in [2.24, 2.45) is 10.4 Å². The van der Waals surface area contributed by atoms with Crippen molar-refractivity contribution in [1.29, 1.82) is 0 Å². The number of nitrogens with zero attached hydrogens (tertiary/aromatic N) is 1. The van der Waals surface area contributed by atoms with Gasteiger partial charge >= 0.3 is 0 Å². The second-order valence-electron chi connectivity index (χ2n) is 5.28. The molecule has 0 N–H and O–H groups in total. The molecule has 1 fully saturated rings. The minimum absolute atomic E-state index is 0.372. The van der Waals surface area contributed by atoms with E-state index in [0.717, 1.165) is 12.3 Å². The largest absolute Gasteiger partial charge is 0.265 e. The van der Waals surface area contributed by atoms with Gasteiger partial charge in [-0.25, -0.2) is 0 Å². The Balaban J connectivity index is 1.86. The highest BCUT2D eigenvalue weighted by Gasteiger charge is 2.65. The molecule has 1 saturated carbocycles. The molecule has 4 rings (SSSR count). The summed E-state index contributed by atoms with van der Waals surface area (Å²) in [6, 6.07) is 8.95. The third-order valence-electron chi connectivity index (χ3n) is 4.74. The van der Waals surface area contributed by atoms with Crippen molar-refractivity contribution >= 4 is 6.21 Å². The standard InChI is InChI=1S/C15H15N/c1-10-11-5-2-3-6-12(11)13-9-15(10,13)14-7-4-8-16-14/h2-3,5-8,10,13H,4,9H2,1H3. The number of hydrogen-bond donors (Lipinski definition) is 0. The van der Waals surface area contributed by atoms with E-state index in [1.165, 1.54) is 12.1 Å². The van der Waals surface area contributed by atoms with Gasteiger partial charge in [0.2, 0.25) is 0 Å². The van der Waals surface area contributed by atoms with E-state index in [4.69, 9.17) is 0 Å². The Bertz CT molecular complexity index is 511. The summed E-state index contributed by atoms with van der Waals surface area (Å²) in [5.41, 5.74) is 4.87. The highest BCUT2D eigenvalue weighted by atomic mass is 14.9. The van der Waals surface area contributed by atoms with Crippen LogP contribution in [-0.4, -0.2) is 6.21 Å². The van der Waals surface area contributed by atoms with Crippen molar-refractivity contribution in [3.05, 3.63) is 47.2 Å². The van der Waals surface area contributed by atoms with Gasteiger partial charge in [-0.3, -0.25) is 4.99 Å². The molecule has 16 heavy (non-hydrogen) atoms. The second kappa shape index (κ2) is 2.65. The number of fused-ring (bicyclic) bond motifs is 3. The summed E-state index contributed by atoms with van der Waals surface area (Å²) in [5.74, 6) is 1.40.